The molecule has 0 saturated carbocycles. The summed E-state index contributed by atoms with van der Waals surface area (Å²) < 4.78 is 19.7. The SMILES string of the molecule is CC(C)(C)OC(=O)N1[C@@H]2CC[C@H]1CC(Nc1ccc3c(c1)OCc1cc(-c4cnn(COCC[Si](C)(C)C)c4)ccc1-3)C2. The van der Waals surface area contributed by atoms with Gasteiger partial charge in [0.1, 0.15) is 24.7 Å². The quantitative estimate of drug-likeness (QED) is 0.210. The van der Waals surface area contributed by atoms with Gasteiger partial charge in [-0.05, 0) is 87.4 Å². The summed E-state index contributed by atoms with van der Waals surface area (Å²) in [4.78, 5) is 14.8. The molecular weight excluding hydrogens is 556 g/mol. The molecule has 2 saturated heterocycles. The molecule has 3 atom stereocenters. The monoisotopic (exact) mass is 602 g/mol. The highest BCUT2D eigenvalue weighted by molar-refractivity contribution is 6.76. The second kappa shape index (κ2) is 11.7. The molecule has 2 bridgehead atoms. The lowest BCUT2D eigenvalue weighted by Crippen LogP contribution is -2.51. The molecule has 43 heavy (non-hydrogen) atoms. The van der Waals surface area contributed by atoms with E-state index in [2.05, 4.69) is 72.7 Å². The van der Waals surface area contributed by atoms with Gasteiger partial charge in [0.15, 0.2) is 0 Å². The van der Waals surface area contributed by atoms with E-state index in [4.69, 9.17) is 14.2 Å². The van der Waals surface area contributed by atoms with Crippen LogP contribution in [0.15, 0.2) is 48.8 Å². The zero-order valence-corrected chi connectivity index (χ0v) is 27.5. The lowest BCUT2D eigenvalue weighted by Gasteiger charge is -2.40. The molecule has 9 heteroatoms. The summed E-state index contributed by atoms with van der Waals surface area (Å²) in [6.45, 7) is 14.7. The average Bonchev–Trinajstić information content (AvgIpc) is 3.51. The van der Waals surface area contributed by atoms with Crippen molar-refractivity contribution in [1.82, 2.24) is 14.7 Å². The maximum absolute atomic E-state index is 12.8. The van der Waals surface area contributed by atoms with Gasteiger partial charge in [-0.15, -0.1) is 0 Å². The highest BCUT2D eigenvalue weighted by atomic mass is 28.3. The van der Waals surface area contributed by atoms with E-state index in [0.717, 1.165) is 66.5 Å². The number of aromatic nitrogens is 2. The van der Waals surface area contributed by atoms with Crippen LogP contribution in [0.2, 0.25) is 25.7 Å². The van der Waals surface area contributed by atoms with Gasteiger partial charge in [-0.25, -0.2) is 9.48 Å². The van der Waals surface area contributed by atoms with E-state index in [1.807, 2.05) is 36.5 Å². The molecule has 8 nitrogen and oxygen atoms in total. The Labute approximate surface area is 256 Å². The smallest absolute Gasteiger partial charge is 0.410 e. The largest absolute Gasteiger partial charge is 0.488 e. The maximum atomic E-state index is 12.8. The van der Waals surface area contributed by atoms with Crippen molar-refractivity contribution in [1.29, 1.82) is 0 Å². The molecular formula is C34H46N4O4Si. The Bertz CT molecular complexity index is 1460. The number of amides is 1. The van der Waals surface area contributed by atoms with Crippen molar-refractivity contribution in [3.8, 4) is 28.0 Å². The zero-order valence-electron chi connectivity index (χ0n) is 26.5. The highest BCUT2D eigenvalue weighted by Crippen LogP contribution is 2.42. The number of nitrogens with zero attached hydrogens (tertiary/aromatic N) is 3. The Hall–Kier alpha value is -3.30. The number of rotatable bonds is 8. The number of piperidine rings is 1. The van der Waals surface area contributed by atoms with E-state index >= 15 is 0 Å². The molecule has 2 fully saturated rings. The van der Waals surface area contributed by atoms with Crippen LogP contribution in [0.5, 0.6) is 5.75 Å². The van der Waals surface area contributed by atoms with Crippen LogP contribution >= 0.6 is 0 Å². The standard InChI is InChI=1S/C34H46N4O4Si/c1-34(2,3)42-33(39)38-28-9-10-29(38)17-27(16-28)36-26-8-12-31-30-11-7-23(15-24(30)21-41-32(31)18-26)25-19-35-37(20-25)22-40-13-14-43(4,5)6/h7-8,11-12,15,18-20,27-29,36H,9-10,13-14,16-17,21-22H2,1-6H3/t27?,28-,29+. The Kier molecular flexibility index (Phi) is 8.06. The normalized spacial score (nSPS) is 21.2. The third-order valence-electron chi connectivity index (χ3n) is 8.65. The first kappa shape index (κ1) is 29.8. The zero-order chi connectivity index (χ0) is 30.4. The van der Waals surface area contributed by atoms with Crippen molar-refractivity contribution in [2.45, 2.75) is 109 Å². The Morgan fingerprint density at radius 2 is 1.79 bits per heavy atom. The Morgan fingerprint density at radius 3 is 2.51 bits per heavy atom. The van der Waals surface area contributed by atoms with Gasteiger partial charge in [0.2, 0.25) is 0 Å². The first-order valence-electron chi connectivity index (χ1n) is 15.7. The number of carbonyl (C=O) groups excluding carboxylic acids is 1. The van der Waals surface area contributed by atoms with Crippen molar-refractivity contribution >= 4 is 19.9 Å². The second-order valence-electron chi connectivity index (χ2n) is 14.6. The minimum Gasteiger partial charge on any atom is -0.488 e. The molecule has 3 aliphatic heterocycles. The van der Waals surface area contributed by atoms with Crippen LogP contribution in [0.3, 0.4) is 0 Å². The molecule has 1 N–H and O–H groups in total. The lowest BCUT2D eigenvalue weighted by atomic mass is 9.93. The molecule has 3 aliphatic rings. The van der Waals surface area contributed by atoms with Crippen LogP contribution in [0, 0.1) is 0 Å². The van der Waals surface area contributed by atoms with Gasteiger partial charge in [0.05, 0.1) is 6.20 Å². The van der Waals surface area contributed by atoms with E-state index in [1.54, 1.807) is 0 Å². The fourth-order valence-electron chi connectivity index (χ4n) is 6.53. The van der Waals surface area contributed by atoms with E-state index in [-0.39, 0.29) is 18.2 Å². The van der Waals surface area contributed by atoms with Crippen molar-refractivity contribution in [2.24, 2.45) is 0 Å². The molecule has 3 aromatic rings. The minimum absolute atomic E-state index is 0.168. The average molecular weight is 603 g/mol. The second-order valence-corrected chi connectivity index (χ2v) is 20.2. The molecule has 2 aromatic carbocycles. The van der Waals surface area contributed by atoms with Gasteiger partial charge in [-0.3, -0.25) is 0 Å². The summed E-state index contributed by atoms with van der Waals surface area (Å²) in [6, 6.07) is 15.0. The number of hydrogen-bond acceptors (Lipinski definition) is 6. The summed E-state index contributed by atoms with van der Waals surface area (Å²) in [5.41, 5.74) is 6.30. The number of carbonyl (C=O) groups is 1. The van der Waals surface area contributed by atoms with E-state index < -0.39 is 13.7 Å². The van der Waals surface area contributed by atoms with Gasteiger partial charge >= 0.3 is 6.09 Å². The fourth-order valence-corrected chi connectivity index (χ4v) is 7.28. The molecule has 0 radical (unpaired) electrons. The summed E-state index contributed by atoms with van der Waals surface area (Å²) in [5.74, 6) is 0.905. The Morgan fingerprint density at radius 1 is 1.05 bits per heavy atom. The topological polar surface area (TPSA) is 77.9 Å². The third kappa shape index (κ3) is 6.93. The molecule has 230 valence electrons. The van der Waals surface area contributed by atoms with Crippen LogP contribution in [0.1, 0.15) is 52.0 Å². The van der Waals surface area contributed by atoms with Gasteiger partial charge in [-0.1, -0.05) is 31.8 Å². The predicted octanol–water partition coefficient (Wildman–Crippen LogP) is 7.76. The van der Waals surface area contributed by atoms with Crippen LogP contribution < -0.4 is 10.1 Å². The van der Waals surface area contributed by atoms with Crippen molar-refractivity contribution in [2.75, 3.05) is 11.9 Å². The molecule has 0 aliphatic carbocycles. The van der Waals surface area contributed by atoms with Crippen molar-refractivity contribution in [3.63, 3.8) is 0 Å². The maximum Gasteiger partial charge on any atom is 0.410 e. The third-order valence-corrected chi connectivity index (χ3v) is 10.4. The highest BCUT2D eigenvalue weighted by Gasteiger charge is 2.44. The van der Waals surface area contributed by atoms with E-state index in [1.165, 1.54) is 11.1 Å². The molecule has 6 rings (SSSR count). The van der Waals surface area contributed by atoms with Gasteiger partial charge in [0.25, 0.3) is 0 Å². The summed E-state index contributed by atoms with van der Waals surface area (Å²) >= 11 is 0. The van der Waals surface area contributed by atoms with Crippen LogP contribution in [0.4, 0.5) is 10.5 Å². The minimum atomic E-state index is -1.10. The molecule has 0 spiro atoms. The van der Waals surface area contributed by atoms with Gasteiger partial charge in [-0.2, -0.15) is 5.10 Å². The van der Waals surface area contributed by atoms with Gasteiger partial charge < -0.3 is 24.4 Å². The summed E-state index contributed by atoms with van der Waals surface area (Å²) in [7, 11) is -1.10. The van der Waals surface area contributed by atoms with Gasteiger partial charge in [0, 0.05) is 61.9 Å². The van der Waals surface area contributed by atoms with Crippen LogP contribution in [-0.2, 0) is 22.8 Å². The first-order chi connectivity index (χ1) is 20.4. The number of anilines is 1. The number of benzene rings is 2. The number of ether oxygens (including phenoxy) is 3. The van der Waals surface area contributed by atoms with E-state index in [0.29, 0.717) is 19.4 Å². The molecule has 1 amide bonds. The number of fused-ring (bicyclic) bond motifs is 5. The van der Waals surface area contributed by atoms with Crippen molar-refractivity contribution in [3.05, 3.63) is 54.4 Å². The summed E-state index contributed by atoms with van der Waals surface area (Å²) in [5, 5.41) is 8.26. The van der Waals surface area contributed by atoms with Crippen molar-refractivity contribution < 1.29 is 19.0 Å². The molecule has 1 unspecified atom stereocenters. The number of hydrogen-bond donors (Lipinski definition) is 1. The van der Waals surface area contributed by atoms with E-state index in [9.17, 15) is 4.79 Å². The fraction of sp³-hybridized carbons (Fsp3) is 0.529. The first-order valence-corrected chi connectivity index (χ1v) is 19.4. The number of nitrogens with one attached hydrogen (secondary N) is 1. The van der Waals surface area contributed by atoms with Crippen LogP contribution in [-0.4, -0.2) is 59.2 Å². The molecule has 4 heterocycles. The Balaban J connectivity index is 1.08. The lowest BCUT2D eigenvalue weighted by molar-refractivity contribution is 0.00683. The summed E-state index contributed by atoms with van der Waals surface area (Å²) in [6.07, 6.45) is 7.74. The molecule has 1 aromatic heterocycles. The van der Waals surface area contributed by atoms with Crippen LogP contribution in [0.25, 0.3) is 22.3 Å². The predicted molar refractivity (Wildman–Crippen MR) is 173 cm³/mol.